The first kappa shape index (κ1) is 20.3. The summed E-state index contributed by atoms with van der Waals surface area (Å²) in [7, 11) is 0. The van der Waals surface area contributed by atoms with Gasteiger partial charge in [-0.3, -0.25) is 0 Å². The molecule has 27 heavy (non-hydrogen) atoms. The fourth-order valence-corrected chi connectivity index (χ4v) is 4.75. The highest BCUT2D eigenvalue weighted by Crippen LogP contribution is 2.34. The van der Waals surface area contributed by atoms with Crippen LogP contribution in [0.4, 0.5) is 4.39 Å². The molecule has 0 saturated carbocycles. The van der Waals surface area contributed by atoms with Crippen molar-refractivity contribution in [2.75, 3.05) is 19.6 Å². The Balaban J connectivity index is 0.00000210. The Kier molecular flexibility index (Phi) is 6.91. The van der Waals surface area contributed by atoms with Crippen LogP contribution in [0.15, 0.2) is 48.5 Å². The van der Waals surface area contributed by atoms with Gasteiger partial charge in [-0.15, -0.1) is 12.4 Å². The predicted octanol–water partition coefficient (Wildman–Crippen LogP) is 5.11. The number of hydrogen-bond acceptors (Lipinski definition) is 2. The fraction of sp³-hybridized carbons (Fsp3) is 0.478. The molecule has 0 spiro atoms. The summed E-state index contributed by atoms with van der Waals surface area (Å²) in [6, 6.07) is 15.4. The first-order valence-electron chi connectivity index (χ1n) is 9.92. The van der Waals surface area contributed by atoms with Crippen molar-refractivity contribution in [3.8, 4) is 0 Å². The zero-order valence-corrected chi connectivity index (χ0v) is 16.5. The lowest BCUT2D eigenvalue weighted by Crippen LogP contribution is -2.36. The average molecular weight is 390 g/mol. The topological polar surface area (TPSA) is 23.5 Å². The second-order valence-corrected chi connectivity index (χ2v) is 7.98. The van der Waals surface area contributed by atoms with E-state index in [4.69, 9.17) is 0 Å². The third-order valence-electron chi connectivity index (χ3n) is 6.22. The minimum Gasteiger partial charge on any atom is -0.388 e. The molecule has 0 amide bonds. The Morgan fingerprint density at radius 1 is 1.00 bits per heavy atom. The van der Waals surface area contributed by atoms with E-state index in [0.29, 0.717) is 11.8 Å². The molecule has 1 aliphatic heterocycles. The minimum atomic E-state index is -0.330. The summed E-state index contributed by atoms with van der Waals surface area (Å²) in [5.41, 5.74) is 3.58. The number of nitrogens with zero attached hydrogens (tertiary/aromatic N) is 1. The Labute approximate surface area is 167 Å². The van der Waals surface area contributed by atoms with Gasteiger partial charge in [0.2, 0.25) is 0 Å². The molecule has 4 rings (SSSR count). The van der Waals surface area contributed by atoms with Crippen LogP contribution in [0.2, 0.25) is 0 Å². The second-order valence-electron chi connectivity index (χ2n) is 7.98. The number of fused-ring (bicyclic) bond motifs is 1. The van der Waals surface area contributed by atoms with Crippen LogP contribution in [0.25, 0.3) is 0 Å². The molecule has 2 aromatic carbocycles. The molecule has 2 unspecified atom stereocenters. The van der Waals surface area contributed by atoms with E-state index in [2.05, 4.69) is 29.2 Å². The lowest BCUT2D eigenvalue weighted by Gasteiger charge is -2.34. The van der Waals surface area contributed by atoms with Gasteiger partial charge in [-0.05, 0) is 85.9 Å². The van der Waals surface area contributed by atoms with Crippen molar-refractivity contribution in [2.24, 2.45) is 5.92 Å². The molecular weight excluding hydrogens is 361 g/mol. The lowest BCUT2D eigenvalue weighted by atomic mass is 9.88. The van der Waals surface area contributed by atoms with Crippen LogP contribution < -0.4 is 0 Å². The van der Waals surface area contributed by atoms with E-state index in [1.165, 1.54) is 11.6 Å². The van der Waals surface area contributed by atoms with Gasteiger partial charge in [-0.2, -0.15) is 0 Å². The van der Waals surface area contributed by atoms with Gasteiger partial charge in [0.1, 0.15) is 5.82 Å². The molecule has 1 N–H and O–H groups in total. The molecule has 146 valence electrons. The smallest absolute Gasteiger partial charge is 0.123 e. The van der Waals surface area contributed by atoms with Crippen molar-refractivity contribution < 1.29 is 9.50 Å². The van der Waals surface area contributed by atoms with E-state index in [1.54, 1.807) is 6.07 Å². The maximum Gasteiger partial charge on any atom is 0.123 e. The van der Waals surface area contributed by atoms with E-state index in [1.807, 2.05) is 12.1 Å². The Morgan fingerprint density at radius 3 is 2.56 bits per heavy atom. The molecule has 0 bridgehead atoms. The molecule has 2 nitrogen and oxygen atoms in total. The summed E-state index contributed by atoms with van der Waals surface area (Å²) in [4.78, 5) is 2.54. The van der Waals surface area contributed by atoms with Gasteiger partial charge in [0.25, 0.3) is 0 Å². The molecule has 1 aliphatic carbocycles. The molecular formula is C23H29ClFNO. The number of aliphatic hydroxyl groups excluding tert-OH is 1. The lowest BCUT2D eigenvalue weighted by molar-refractivity contribution is 0.117. The van der Waals surface area contributed by atoms with E-state index in [0.717, 1.165) is 62.9 Å². The zero-order chi connectivity index (χ0) is 17.9. The first-order chi connectivity index (χ1) is 12.7. The van der Waals surface area contributed by atoms with E-state index in [-0.39, 0.29) is 24.3 Å². The van der Waals surface area contributed by atoms with Crippen LogP contribution in [-0.2, 0) is 6.42 Å². The highest BCUT2D eigenvalue weighted by atomic mass is 35.5. The number of benzene rings is 2. The summed E-state index contributed by atoms with van der Waals surface area (Å²) < 4.78 is 13.5. The van der Waals surface area contributed by atoms with Crippen LogP contribution in [0, 0.1) is 11.7 Å². The summed E-state index contributed by atoms with van der Waals surface area (Å²) in [5, 5.41) is 10.6. The van der Waals surface area contributed by atoms with Gasteiger partial charge in [0, 0.05) is 6.54 Å². The number of aliphatic hydroxyl groups is 1. The maximum absolute atomic E-state index is 13.5. The second kappa shape index (κ2) is 9.18. The monoisotopic (exact) mass is 389 g/mol. The van der Waals surface area contributed by atoms with Crippen LogP contribution in [0.3, 0.4) is 0 Å². The zero-order valence-electron chi connectivity index (χ0n) is 15.7. The normalized spacial score (nSPS) is 23.9. The van der Waals surface area contributed by atoms with Crippen LogP contribution in [0.1, 0.15) is 54.4 Å². The van der Waals surface area contributed by atoms with Crippen molar-refractivity contribution in [1.29, 1.82) is 0 Å². The standard InChI is InChI=1S/C23H28FNO.ClH/c24-21-6-3-5-20(15-21)18-10-12-25(13-11-18)16-17-8-9-19-4-1-2-7-22(19)23(26)14-17;/h1-7,15,17-18,23,26H,8-14,16H2;1H. The average Bonchev–Trinajstić information content (AvgIpc) is 2.82. The summed E-state index contributed by atoms with van der Waals surface area (Å²) in [6.45, 7) is 3.21. The van der Waals surface area contributed by atoms with E-state index >= 15 is 0 Å². The number of rotatable bonds is 3. The Hall–Kier alpha value is -1.42. The summed E-state index contributed by atoms with van der Waals surface area (Å²) >= 11 is 0. The first-order valence-corrected chi connectivity index (χ1v) is 9.92. The third kappa shape index (κ3) is 4.90. The SMILES string of the molecule is Cl.OC1CC(CN2CCC(c3cccc(F)c3)CC2)CCc2ccccc21. The molecule has 1 saturated heterocycles. The quantitative estimate of drug-likeness (QED) is 0.737. The molecule has 1 heterocycles. The number of likely N-dealkylation sites (tertiary alicyclic amines) is 1. The van der Waals surface area contributed by atoms with Crippen LogP contribution >= 0.6 is 12.4 Å². The number of aryl methyl sites for hydroxylation is 1. The predicted molar refractivity (Wildman–Crippen MR) is 110 cm³/mol. The van der Waals surface area contributed by atoms with E-state index < -0.39 is 0 Å². The van der Waals surface area contributed by atoms with Crippen molar-refractivity contribution >= 4 is 12.4 Å². The van der Waals surface area contributed by atoms with Gasteiger partial charge in [-0.1, -0.05) is 36.4 Å². The van der Waals surface area contributed by atoms with Crippen molar-refractivity contribution in [3.05, 3.63) is 71.0 Å². The van der Waals surface area contributed by atoms with Crippen molar-refractivity contribution in [3.63, 3.8) is 0 Å². The van der Waals surface area contributed by atoms with Crippen molar-refractivity contribution in [1.82, 2.24) is 4.90 Å². The Bertz CT molecular complexity index is 745. The van der Waals surface area contributed by atoms with Gasteiger partial charge in [0.15, 0.2) is 0 Å². The number of hydrogen-bond donors (Lipinski definition) is 1. The summed E-state index contributed by atoms with van der Waals surface area (Å²) in [6.07, 6.45) is 4.94. The van der Waals surface area contributed by atoms with Crippen LogP contribution in [0.5, 0.6) is 0 Å². The molecule has 0 radical (unpaired) electrons. The fourth-order valence-electron chi connectivity index (χ4n) is 4.75. The van der Waals surface area contributed by atoms with Gasteiger partial charge in [-0.25, -0.2) is 4.39 Å². The molecule has 4 heteroatoms. The van der Waals surface area contributed by atoms with E-state index in [9.17, 15) is 9.50 Å². The molecule has 0 aromatic heterocycles. The van der Waals surface area contributed by atoms with Gasteiger partial charge in [0.05, 0.1) is 6.10 Å². The summed E-state index contributed by atoms with van der Waals surface area (Å²) in [5.74, 6) is 0.894. The highest BCUT2D eigenvalue weighted by Gasteiger charge is 2.27. The minimum absolute atomic E-state index is 0. The van der Waals surface area contributed by atoms with Crippen molar-refractivity contribution in [2.45, 2.75) is 44.1 Å². The van der Waals surface area contributed by atoms with Gasteiger partial charge >= 0.3 is 0 Å². The largest absolute Gasteiger partial charge is 0.388 e. The number of piperidine rings is 1. The van der Waals surface area contributed by atoms with Gasteiger partial charge < -0.3 is 10.0 Å². The number of halogens is 2. The molecule has 2 atom stereocenters. The molecule has 2 aliphatic rings. The third-order valence-corrected chi connectivity index (χ3v) is 6.22. The van der Waals surface area contributed by atoms with Crippen LogP contribution in [-0.4, -0.2) is 29.6 Å². The maximum atomic E-state index is 13.5. The highest BCUT2D eigenvalue weighted by molar-refractivity contribution is 5.85. The Morgan fingerprint density at radius 2 is 1.78 bits per heavy atom. The molecule has 1 fully saturated rings. The molecule has 2 aromatic rings.